The van der Waals surface area contributed by atoms with Crippen molar-refractivity contribution in [1.82, 2.24) is 15.2 Å². The lowest BCUT2D eigenvalue weighted by Gasteiger charge is -2.34. The summed E-state index contributed by atoms with van der Waals surface area (Å²) in [6.45, 7) is 9.41. The number of anilines is 1. The van der Waals surface area contributed by atoms with Crippen LogP contribution in [0.4, 0.5) is 5.82 Å². The summed E-state index contributed by atoms with van der Waals surface area (Å²) in [6.07, 6.45) is 7.93. The number of likely N-dealkylation sites (tertiary alicyclic amines) is 1. The van der Waals surface area contributed by atoms with Gasteiger partial charge in [0, 0.05) is 59.2 Å². The molecule has 0 radical (unpaired) electrons. The van der Waals surface area contributed by atoms with Gasteiger partial charge in [0.2, 0.25) is 0 Å². The van der Waals surface area contributed by atoms with Crippen LogP contribution in [0.5, 0.6) is 0 Å². The zero-order valence-corrected chi connectivity index (χ0v) is 20.8. The molecule has 7 nitrogen and oxygen atoms in total. The van der Waals surface area contributed by atoms with Gasteiger partial charge in [-0.25, -0.2) is 9.98 Å². The van der Waals surface area contributed by atoms with Crippen LogP contribution >= 0.6 is 24.0 Å². The van der Waals surface area contributed by atoms with Crippen LogP contribution in [0.2, 0.25) is 0 Å². The summed E-state index contributed by atoms with van der Waals surface area (Å²) in [5.74, 6) is 2.09. The highest BCUT2D eigenvalue weighted by Gasteiger charge is 2.22. The largest absolute Gasteiger partial charge is 0.385 e. The fourth-order valence-corrected chi connectivity index (χ4v) is 3.92. The molecule has 0 bridgehead atoms. The van der Waals surface area contributed by atoms with Crippen LogP contribution in [0.1, 0.15) is 44.6 Å². The molecule has 0 aromatic carbocycles. The highest BCUT2D eigenvalue weighted by molar-refractivity contribution is 14.0. The smallest absolute Gasteiger partial charge is 0.194 e. The fraction of sp³-hybridized carbons (Fsp3) is 0.727. The number of ether oxygens (including phenoxy) is 2. The Kier molecular flexibility index (Phi) is 11.8. The highest BCUT2D eigenvalue weighted by atomic mass is 127. The maximum absolute atomic E-state index is 5.98. The summed E-state index contributed by atoms with van der Waals surface area (Å²) >= 11 is 0. The van der Waals surface area contributed by atoms with Crippen molar-refractivity contribution in [2.45, 2.75) is 51.7 Å². The van der Waals surface area contributed by atoms with Crippen molar-refractivity contribution in [2.24, 2.45) is 4.99 Å². The molecule has 0 atom stereocenters. The van der Waals surface area contributed by atoms with E-state index in [4.69, 9.17) is 14.5 Å². The Morgan fingerprint density at radius 3 is 2.57 bits per heavy atom. The molecule has 0 unspecified atom stereocenters. The molecule has 2 aliphatic heterocycles. The van der Waals surface area contributed by atoms with E-state index in [2.05, 4.69) is 39.2 Å². The molecular weight excluding hydrogens is 493 g/mol. The number of pyridine rings is 1. The van der Waals surface area contributed by atoms with E-state index in [1.807, 2.05) is 6.20 Å². The second kappa shape index (κ2) is 14.0. The molecule has 0 aliphatic carbocycles. The first-order valence-electron chi connectivity index (χ1n) is 11.1. The number of hydrogen-bond acceptors (Lipinski definition) is 5. The molecule has 1 aromatic heterocycles. The first-order valence-corrected chi connectivity index (χ1v) is 11.1. The molecule has 0 spiro atoms. The lowest BCUT2D eigenvalue weighted by Crippen LogP contribution is -2.47. The van der Waals surface area contributed by atoms with Crippen LogP contribution in [0.15, 0.2) is 23.3 Å². The number of halogens is 1. The summed E-state index contributed by atoms with van der Waals surface area (Å²) in [5.41, 5.74) is 1.15. The molecule has 2 fully saturated rings. The van der Waals surface area contributed by atoms with Crippen LogP contribution in [0, 0.1) is 0 Å². The summed E-state index contributed by atoms with van der Waals surface area (Å²) in [7, 11) is 1.73. The lowest BCUT2D eigenvalue weighted by atomic mass is 10.1. The molecule has 1 N–H and O–H groups in total. The molecule has 170 valence electrons. The Balaban J connectivity index is 0.00000320. The third-order valence-electron chi connectivity index (χ3n) is 5.57. The highest BCUT2D eigenvalue weighted by Crippen LogP contribution is 2.18. The third-order valence-corrected chi connectivity index (χ3v) is 5.57. The predicted molar refractivity (Wildman–Crippen MR) is 133 cm³/mol. The quantitative estimate of drug-likeness (QED) is 0.229. The van der Waals surface area contributed by atoms with Gasteiger partial charge in [0.05, 0.1) is 12.6 Å². The second-order valence-corrected chi connectivity index (χ2v) is 7.79. The summed E-state index contributed by atoms with van der Waals surface area (Å²) < 4.78 is 11.1. The topological polar surface area (TPSA) is 62.2 Å². The summed E-state index contributed by atoms with van der Waals surface area (Å²) in [5, 5.41) is 3.44. The molecule has 1 aromatic rings. The van der Waals surface area contributed by atoms with Gasteiger partial charge in [0.1, 0.15) is 5.82 Å². The number of methoxy groups -OCH3 is 1. The van der Waals surface area contributed by atoms with Gasteiger partial charge in [-0.1, -0.05) is 6.07 Å². The minimum absolute atomic E-state index is 0. The van der Waals surface area contributed by atoms with E-state index in [0.717, 1.165) is 82.5 Å². The van der Waals surface area contributed by atoms with E-state index in [9.17, 15) is 0 Å². The Bertz CT molecular complexity index is 614. The number of piperidine rings is 1. The van der Waals surface area contributed by atoms with Gasteiger partial charge < -0.3 is 24.6 Å². The minimum Gasteiger partial charge on any atom is -0.385 e. The van der Waals surface area contributed by atoms with Crippen LogP contribution < -0.4 is 10.2 Å². The van der Waals surface area contributed by atoms with E-state index in [1.165, 1.54) is 12.8 Å². The van der Waals surface area contributed by atoms with Gasteiger partial charge in [-0.2, -0.15) is 0 Å². The zero-order chi connectivity index (χ0) is 20.3. The average Bonchev–Trinajstić information content (AvgIpc) is 3.30. The second-order valence-electron chi connectivity index (χ2n) is 7.79. The molecule has 3 heterocycles. The molecule has 2 aliphatic rings. The number of guanidine groups is 1. The SMILES string of the molecule is CCNC(=NCc1ccc(N2CCCC2)nc1)N1CCC(OCCCOC)CC1.I. The van der Waals surface area contributed by atoms with Crippen LogP contribution in [0.3, 0.4) is 0 Å². The normalized spacial score (nSPS) is 17.9. The summed E-state index contributed by atoms with van der Waals surface area (Å²) in [6, 6.07) is 4.29. The van der Waals surface area contributed by atoms with E-state index >= 15 is 0 Å². The van der Waals surface area contributed by atoms with Gasteiger partial charge in [0.15, 0.2) is 5.96 Å². The minimum atomic E-state index is 0. The van der Waals surface area contributed by atoms with Crippen molar-refractivity contribution in [2.75, 3.05) is 57.9 Å². The van der Waals surface area contributed by atoms with Gasteiger partial charge >= 0.3 is 0 Å². The standard InChI is InChI=1S/C22H37N5O2.HI/c1-3-23-22(27-13-9-20(10-14-27)29-16-6-15-28-2)25-18-19-7-8-21(24-17-19)26-11-4-5-12-26;/h7-8,17,20H,3-6,9-16,18H2,1-2H3,(H,23,25);1H. The third kappa shape index (κ3) is 7.85. The van der Waals surface area contributed by atoms with E-state index in [0.29, 0.717) is 12.6 Å². The van der Waals surface area contributed by atoms with Crippen molar-refractivity contribution >= 4 is 35.8 Å². The number of aromatic nitrogens is 1. The van der Waals surface area contributed by atoms with Gasteiger partial charge in [-0.15, -0.1) is 24.0 Å². The molecule has 0 amide bonds. The number of hydrogen-bond donors (Lipinski definition) is 1. The number of nitrogens with one attached hydrogen (secondary N) is 1. The van der Waals surface area contributed by atoms with Crippen molar-refractivity contribution in [3.05, 3.63) is 23.9 Å². The molecule has 30 heavy (non-hydrogen) atoms. The number of nitrogens with zero attached hydrogens (tertiary/aromatic N) is 4. The number of rotatable bonds is 9. The van der Waals surface area contributed by atoms with Crippen LogP contribution in [-0.4, -0.2) is 75.0 Å². The van der Waals surface area contributed by atoms with E-state index < -0.39 is 0 Å². The Morgan fingerprint density at radius 1 is 1.17 bits per heavy atom. The van der Waals surface area contributed by atoms with Gasteiger partial charge in [-0.05, 0) is 50.7 Å². The van der Waals surface area contributed by atoms with Gasteiger partial charge in [-0.3, -0.25) is 0 Å². The number of aliphatic imine (C=N–C) groups is 1. The van der Waals surface area contributed by atoms with Crippen LogP contribution in [0.25, 0.3) is 0 Å². The maximum atomic E-state index is 5.98. The van der Waals surface area contributed by atoms with E-state index in [1.54, 1.807) is 7.11 Å². The molecule has 8 heteroatoms. The first-order chi connectivity index (χ1) is 14.3. The average molecular weight is 531 g/mol. The monoisotopic (exact) mass is 531 g/mol. The van der Waals surface area contributed by atoms with Crippen molar-refractivity contribution in [3.63, 3.8) is 0 Å². The lowest BCUT2D eigenvalue weighted by molar-refractivity contribution is 0.00990. The van der Waals surface area contributed by atoms with Crippen molar-refractivity contribution in [1.29, 1.82) is 0 Å². The maximum Gasteiger partial charge on any atom is 0.194 e. The Morgan fingerprint density at radius 2 is 1.93 bits per heavy atom. The Labute approximate surface area is 198 Å². The molecule has 2 saturated heterocycles. The van der Waals surface area contributed by atoms with Crippen molar-refractivity contribution < 1.29 is 9.47 Å². The van der Waals surface area contributed by atoms with Crippen LogP contribution in [-0.2, 0) is 16.0 Å². The summed E-state index contributed by atoms with van der Waals surface area (Å²) in [4.78, 5) is 14.2. The molecule has 0 saturated carbocycles. The zero-order valence-electron chi connectivity index (χ0n) is 18.5. The van der Waals surface area contributed by atoms with Gasteiger partial charge in [0.25, 0.3) is 0 Å². The Hall–Kier alpha value is -1.13. The molecular formula is C22H38IN5O2. The molecule has 3 rings (SSSR count). The fourth-order valence-electron chi connectivity index (χ4n) is 3.92. The predicted octanol–water partition coefficient (Wildman–Crippen LogP) is 3.28. The van der Waals surface area contributed by atoms with E-state index in [-0.39, 0.29) is 24.0 Å². The van der Waals surface area contributed by atoms with Crippen molar-refractivity contribution in [3.8, 4) is 0 Å². The first kappa shape index (κ1) is 25.1.